The largest absolute Gasteiger partial charge is 0.339 e. The van der Waals surface area contributed by atoms with Gasteiger partial charge in [-0.2, -0.15) is 0 Å². The number of carbonyl (C=O) groups excluding carboxylic acids is 1. The van der Waals surface area contributed by atoms with E-state index in [1.807, 2.05) is 0 Å². The zero-order chi connectivity index (χ0) is 10.8. The molecule has 0 aromatic rings. The van der Waals surface area contributed by atoms with Gasteiger partial charge in [-0.1, -0.05) is 20.3 Å². The Morgan fingerprint density at radius 2 is 1.93 bits per heavy atom. The molecule has 2 heteroatoms. The molecule has 0 saturated heterocycles. The van der Waals surface area contributed by atoms with Crippen molar-refractivity contribution in [3.63, 3.8) is 0 Å². The Morgan fingerprint density at radius 3 is 2.33 bits per heavy atom. The van der Waals surface area contributed by atoms with Crippen molar-refractivity contribution in [2.45, 2.75) is 58.4 Å². The first-order valence-corrected chi connectivity index (χ1v) is 6.49. The Morgan fingerprint density at radius 1 is 1.27 bits per heavy atom. The summed E-state index contributed by atoms with van der Waals surface area (Å²) >= 11 is 0. The maximum absolute atomic E-state index is 12.1. The summed E-state index contributed by atoms with van der Waals surface area (Å²) in [5.74, 6) is 1.56. The van der Waals surface area contributed by atoms with Crippen molar-refractivity contribution in [1.82, 2.24) is 4.90 Å². The third-order valence-electron chi connectivity index (χ3n) is 3.67. The number of nitrogens with zero attached hydrogens (tertiary/aromatic N) is 1. The van der Waals surface area contributed by atoms with Gasteiger partial charge in [0, 0.05) is 18.5 Å². The first kappa shape index (κ1) is 11.0. The van der Waals surface area contributed by atoms with E-state index in [1.165, 1.54) is 19.3 Å². The highest BCUT2D eigenvalue weighted by molar-refractivity contribution is 5.80. The SMILES string of the molecule is CC(C)CCN(C(=O)C1CCC1)C1CC1. The van der Waals surface area contributed by atoms with Gasteiger partial charge in [0.25, 0.3) is 0 Å². The maximum atomic E-state index is 12.1. The molecule has 0 N–H and O–H groups in total. The van der Waals surface area contributed by atoms with Crippen molar-refractivity contribution in [3.8, 4) is 0 Å². The fourth-order valence-corrected chi connectivity index (χ4v) is 2.15. The predicted molar refractivity (Wildman–Crippen MR) is 61.5 cm³/mol. The van der Waals surface area contributed by atoms with Crippen molar-refractivity contribution >= 4 is 5.91 Å². The molecule has 2 aliphatic carbocycles. The molecule has 2 rings (SSSR count). The van der Waals surface area contributed by atoms with E-state index in [1.54, 1.807) is 0 Å². The Bertz CT molecular complexity index is 229. The first-order chi connectivity index (χ1) is 7.18. The molecular formula is C13H23NO. The normalized spacial score (nSPS) is 21.5. The van der Waals surface area contributed by atoms with Gasteiger partial charge in [0.2, 0.25) is 5.91 Å². The molecule has 0 aliphatic heterocycles. The van der Waals surface area contributed by atoms with Gasteiger partial charge in [-0.25, -0.2) is 0 Å². The third-order valence-corrected chi connectivity index (χ3v) is 3.67. The quantitative estimate of drug-likeness (QED) is 0.682. The van der Waals surface area contributed by atoms with Crippen LogP contribution in [0.4, 0.5) is 0 Å². The summed E-state index contributed by atoms with van der Waals surface area (Å²) in [6, 6.07) is 0.608. The minimum absolute atomic E-state index is 0.387. The maximum Gasteiger partial charge on any atom is 0.225 e. The molecule has 2 saturated carbocycles. The molecule has 0 spiro atoms. The lowest BCUT2D eigenvalue weighted by Gasteiger charge is -2.32. The number of hydrogen-bond donors (Lipinski definition) is 0. The topological polar surface area (TPSA) is 20.3 Å². The van der Waals surface area contributed by atoms with E-state index in [0.29, 0.717) is 23.8 Å². The first-order valence-electron chi connectivity index (χ1n) is 6.49. The van der Waals surface area contributed by atoms with Crippen LogP contribution in [0.3, 0.4) is 0 Å². The Balaban J connectivity index is 1.84. The average molecular weight is 209 g/mol. The van der Waals surface area contributed by atoms with Gasteiger partial charge in [-0.3, -0.25) is 4.79 Å². The van der Waals surface area contributed by atoms with Gasteiger partial charge in [0.15, 0.2) is 0 Å². The van der Waals surface area contributed by atoms with E-state index < -0.39 is 0 Å². The molecule has 0 aromatic heterocycles. The zero-order valence-electron chi connectivity index (χ0n) is 10.0. The van der Waals surface area contributed by atoms with Crippen LogP contribution in [0.5, 0.6) is 0 Å². The summed E-state index contributed by atoms with van der Waals surface area (Å²) < 4.78 is 0. The lowest BCUT2D eigenvalue weighted by molar-refractivity contribution is -0.138. The monoisotopic (exact) mass is 209 g/mol. The number of rotatable bonds is 5. The summed E-state index contributed by atoms with van der Waals surface area (Å²) in [5.41, 5.74) is 0. The van der Waals surface area contributed by atoms with Gasteiger partial charge in [-0.15, -0.1) is 0 Å². The van der Waals surface area contributed by atoms with E-state index in [4.69, 9.17) is 0 Å². The van der Waals surface area contributed by atoms with E-state index >= 15 is 0 Å². The molecule has 1 amide bonds. The van der Waals surface area contributed by atoms with Crippen LogP contribution in [0.25, 0.3) is 0 Å². The molecule has 0 radical (unpaired) electrons. The fourth-order valence-electron chi connectivity index (χ4n) is 2.15. The molecule has 0 unspecified atom stereocenters. The van der Waals surface area contributed by atoms with Crippen LogP contribution in [0.15, 0.2) is 0 Å². The highest BCUT2D eigenvalue weighted by Gasteiger charge is 2.37. The summed E-state index contributed by atoms with van der Waals surface area (Å²) in [6.45, 7) is 5.47. The number of carbonyl (C=O) groups is 1. The Kier molecular flexibility index (Phi) is 3.32. The minimum atomic E-state index is 0.387. The molecule has 0 heterocycles. The van der Waals surface area contributed by atoms with Crippen LogP contribution in [-0.4, -0.2) is 23.4 Å². The molecule has 2 fully saturated rings. The molecular weight excluding hydrogens is 186 g/mol. The van der Waals surface area contributed by atoms with E-state index in [2.05, 4.69) is 18.7 Å². The second kappa shape index (κ2) is 4.54. The van der Waals surface area contributed by atoms with Crippen LogP contribution < -0.4 is 0 Å². The minimum Gasteiger partial charge on any atom is -0.339 e. The van der Waals surface area contributed by atoms with Crippen molar-refractivity contribution in [2.75, 3.05) is 6.54 Å². The highest BCUT2D eigenvalue weighted by Crippen LogP contribution is 2.34. The average Bonchev–Trinajstić information content (AvgIpc) is 2.84. The van der Waals surface area contributed by atoms with Crippen LogP contribution in [0.2, 0.25) is 0 Å². The van der Waals surface area contributed by atoms with Gasteiger partial charge in [-0.05, 0) is 38.0 Å². The smallest absolute Gasteiger partial charge is 0.225 e. The van der Waals surface area contributed by atoms with Crippen molar-refractivity contribution < 1.29 is 4.79 Å². The summed E-state index contributed by atoms with van der Waals surface area (Å²) in [5, 5.41) is 0. The molecule has 0 aromatic carbocycles. The van der Waals surface area contributed by atoms with Gasteiger partial charge in [0.1, 0.15) is 0 Å². The van der Waals surface area contributed by atoms with Crippen molar-refractivity contribution in [1.29, 1.82) is 0 Å². The number of amides is 1. The van der Waals surface area contributed by atoms with E-state index in [-0.39, 0.29) is 0 Å². The van der Waals surface area contributed by atoms with Gasteiger partial charge < -0.3 is 4.90 Å². The molecule has 15 heavy (non-hydrogen) atoms. The predicted octanol–water partition coefficient (Wildman–Crippen LogP) is 2.82. The molecule has 2 nitrogen and oxygen atoms in total. The van der Waals surface area contributed by atoms with Crippen LogP contribution in [0, 0.1) is 11.8 Å². The number of hydrogen-bond acceptors (Lipinski definition) is 1. The standard InChI is InChI=1S/C13H23NO/c1-10(2)8-9-14(12-6-7-12)13(15)11-4-3-5-11/h10-12H,3-9H2,1-2H3. The van der Waals surface area contributed by atoms with Crippen molar-refractivity contribution in [2.24, 2.45) is 11.8 Å². The van der Waals surface area contributed by atoms with Gasteiger partial charge >= 0.3 is 0 Å². The highest BCUT2D eigenvalue weighted by atomic mass is 16.2. The van der Waals surface area contributed by atoms with E-state index in [9.17, 15) is 4.79 Å². The summed E-state index contributed by atoms with van der Waals surface area (Å²) in [7, 11) is 0. The Hall–Kier alpha value is -0.530. The van der Waals surface area contributed by atoms with Crippen LogP contribution in [-0.2, 0) is 4.79 Å². The summed E-state index contributed by atoms with van der Waals surface area (Å²) in [4.78, 5) is 14.3. The third kappa shape index (κ3) is 2.73. The zero-order valence-corrected chi connectivity index (χ0v) is 10.0. The molecule has 0 bridgehead atoms. The van der Waals surface area contributed by atoms with Gasteiger partial charge in [0.05, 0.1) is 0 Å². The summed E-state index contributed by atoms with van der Waals surface area (Å²) in [6.07, 6.45) is 7.20. The van der Waals surface area contributed by atoms with Crippen LogP contribution >= 0.6 is 0 Å². The van der Waals surface area contributed by atoms with Crippen LogP contribution in [0.1, 0.15) is 52.4 Å². The molecule has 0 atom stereocenters. The molecule has 2 aliphatic rings. The van der Waals surface area contributed by atoms with E-state index in [0.717, 1.165) is 25.8 Å². The second-order valence-corrected chi connectivity index (χ2v) is 5.57. The molecule has 86 valence electrons. The fraction of sp³-hybridized carbons (Fsp3) is 0.923. The van der Waals surface area contributed by atoms with Crippen molar-refractivity contribution in [3.05, 3.63) is 0 Å². The second-order valence-electron chi connectivity index (χ2n) is 5.57. The Labute approximate surface area is 93.0 Å². The lowest BCUT2D eigenvalue weighted by atomic mass is 9.84. The lowest BCUT2D eigenvalue weighted by Crippen LogP contribution is -2.41.